The number of halogens is 1. The Hall–Kier alpha value is -2.50. The van der Waals surface area contributed by atoms with Crippen LogP contribution in [0.25, 0.3) is 5.69 Å². The average Bonchev–Trinajstić information content (AvgIpc) is 2.41. The fourth-order valence-electron chi connectivity index (χ4n) is 1.76. The topological polar surface area (TPSA) is 61.2 Å². The van der Waals surface area contributed by atoms with Gasteiger partial charge in [-0.15, -0.1) is 0 Å². The van der Waals surface area contributed by atoms with Gasteiger partial charge in [-0.1, -0.05) is 6.07 Å². The zero-order chi connectivity index (χ0) is 14.9. The van der Waals surface area contributed by atoms with Gasteiger partial charge in [0.25, 0.3) is 0 Å². The van der Waals surface area contributed by atoms with E-state index < -0.39 is 17.2 Å². The molecule has 104 valence electrons. The largest absolute Gasteiger partial charge is 0.464 e. The minimum absolute atomic E-state index is 0.156. The maximum atomic E-state index is 13.9. The van der Waals surface area contributed by atoms with Crippen LogP contribution in [-0.4, -0.2) is 22.9 Å². The molecule has 2 rings (SSSR count). The second-order valence-corrected chi connectivity index (χ2v) is 4.38. The van der Waals surface area contributed by atoms with Crippen LogP contribution in [-0.2, 0) is 4.74 Å². The van der Waals surface area contributed by atoms with E-state index in [1.807, 2.05) is 0 Å². The Bertz CT molecular complexity index is 738. The lowest BCUT2D eigenvalue weighted by Crippen LogP contribution is -2.24. The first-order chi connectivity index (χ1) is 9.43. The Labute approximate surface area is 114 Å². The second kappa shape index (κ2) is 5.24. The van der Waals surface area contributed by atoms with Crippen LogP contribution in [0.15, 0.2) is 29.2 Å². The molecule has 0 amide bonds. The van der Waals surface area contributed by atoms with Crippen molar-refractivity contribution in [3.05, 3.63) is 57.3 Å². The molecule has 2 aromatic rings. The van der Waals surface area contributed by atoms with Crippen LogP contribution >= 0.6 is 0 Å². The zero-order valence-electron chi connectivity index (χ0n) is 11.3. The molecule has 1 aromatic heterocycles. The van der Waals surface area contributed by atoms with Crippen LogP contribution in [0.3, 0.4) is 0 Å². The molecule has 1 heterocycles. The van der Waals surface area contributed by atoms with Crippen LogP contribution in [0.1, 0.15) is 21.6 Å². The first-order valence-electron chi connectivity index (χ1n) is 5.89. The summed E-state index contributed by atoms with van der Waals surface area (Å²) in [6, 6.07) is 4.59. The number of methoxy groups -OCH3 is 1. The Morgan fingerprint density at radius 2 is 2.05 bits per heavy atom. The third-order valence-electron chi connectivity index (χ3n) is 2.83. The van der Waals surface area contributed by atoms with Crippen LogP contribution in [0.2, 0.25) is 0 Å². The number of esters is 1. The normalized spacial score (nSPS) is 10.4. The molecule has 0 aliphatic rings. The van der Waals surface area contributed by atoms with E-state index >= 15 is 0 Å². The van der Waals surface area contributed by atoms with Crippen molar-refractivity contribution in [2.24, 2.45) is 0 Å². The van der Waals surface area contributed by atoms with Crippen molar-refractivity contribution in [3.8, 4) is 5.69 Å². The quantitative estimate of drug-likeness (QED) is 0.784. The molecule has 0 radical (unpaired) electrons. The van der Waals surface area contributed by atoms with Gasteiger partial charge in [0.05, 0.1) is 7.11 Å². The highest BCUT2D eigenvalue weighted by Gasteiger charge is 2.17. The first kappa shape index (κ1) is 13.9. The molecule has 0 aliphatic carbocycles. The van der Waals surface area contributed by atoms with E-state index in [1.165, 1.54) is 25.3 Å². The third-order valence-corrected chi connectivity index (χ3v) is 2.83. The molecule has 0 N–H and O–H groups in total. The van der Waals surface area contributed by atoms with Gasteiger partial charge in [-0.25, -0.2) is 13.9 Å². The molecule has 20 heavy (non-hydrogen) atoms. The van der Waals surface area contributed by atoms with E-state index in [0.29, 0.717) is 0 Å². The van der Waals surface area contributed by atoms with Crippen LogP contribution in [0.4, 0.5) is 4.39 Å². The van der Waals surface area contributed by atoms with Crippen LogP contribution < -0.4 is 5.43 Å². The fourth-order valence-corrected chi connectivity index (χ4v) is 1.76. The molecule has 6 heteroatoms. The van der Waals surface area contributed by atoms with Crippen LogP contribution in [0, 0.1) is 19.7 Å². The van der Waals surface area contributed by atoms with Gasteiger partial charge in [0, 0.05) is 11.8 Å². The number of benzene rings is 1. The lowest BCUT2D eigenvalue weighted by Gasteiger charge is -2.09. The summed E-state index contributed by atoms with van der Waals surface area (Å²) in [6.07, 6.45) is 1.38. The highest BCUT2D eigenvalue weighted by Crippen LogP contribution is 2.14. The molecular weight excluding hydrogens is 263 g/mol. The summed E-state index contributed by atoms with van der Waals surface area (Å²) in [5.41, 5.74) is 0.300. The Morgan fingerprint density at radius 3 is 2.65 bits per heavy atom. The standard InChI is InChI=1S/C14H13FN2O3/c1-8-4-5-11(10(15)6-8)17-7-9(2)13(18)12(16-17)14(19)20-3/h4-7H,1-3H3. The molecule has 0 saturated heterocycles. The maximum absolute atomic E-state index is 13.9. The molecule has 0 spiro atoms. The van der Waals surface area contributed by atoms with E-state index in [4.69, 9.17) is 0 Å². The Kier molecular flexibility index (Phi) is 3.65. The van der Waals surface area contributed by atoms with Gasteiger partial charge in [-0.05, 0) is 31.5 Å². The number of hydrogen-bond donors (Lipinski definition) is 0. The van der Waals surface area contributed by atoms with Crippen LogP contribution in [0.5, 0.6) is 0 Å². The number of aromatic nitrogens is 2. The lowest BCUT2D eigenvalue weighted by molar-refractivity contribution is 0.0590. The summed E-state index contributed by atoms with van der Waals surface area (Å²) in [6.45, 7) is 3.29. The second-order valence-electron chi connectivity index (χ2n) is 4.38. The van der Waals surface area contributed by atoms with Crippen molar-refractivity contribution in [1.82, 2.24) is 9.78 Å². The maximum Gasteiger partial charge on any atom is 0.362 e. The number of carbonyl (C=O) groups excluding carboxylic acids is 1. The molecule has 5 nitrogen and oxygen atoms in total. The van der Waals surface area contributed by atoms with Crippen molar-refractivity contribution in [3.63, 3.8) is 0 Å². The molecule has 0 bridgehead atoms. The predicted molar refractivity (Wildman–Crippen MR) is 70.6 cm³/mol. The zero-order valence-corrected chi connectivity index (χ0v) is 11.3. The molecule has 0 saturated carbocycles. The van der Waals surface area contributed by atoms with Gasteiger partial charge in [0.1, 0.15) is 11.5 Å². The van der Waals surface area contributed by atoms with E-state index in [2.05, 4.69) is 9.84 Å². The SMILES string of the molecule is COC(=O)c1nn(-c2ccc(C)cc2F)cc(C)c1=O. The van der Waals surface area contributed by atoms with Crippen molar-refractivity contribution in [1.29, 1.82) is 0 Å². The molecule has 0 atom stereocenters. The lowest BCUT2D eigenvalue weighted by atomic mass is 10.2. The molecule has 1 aromatic carbocycles. The number of hydrogen-bond acceptors (Lipinski definition) is 4. The molecule has 0 unspecified atom stereocenters. The third kappa shape index (κ3) is 2.45. The monoisotopic (exact) mass is 276 g/mol. The molecular formula is C14H13FN2O3. The number of nitrogens with zero attached hydrogens (tertiary/aromatic N) is 2. The van der Waals surface area contributed by atoms with E-state index in [1.54, 1.807) is 13.0 Å². The van der Waals surface area contributed by atoms with Crippen molar-refractivity contribution in [2.45, 2.75) is 13.8 Å². The van der Waals surface area contributed by atoms with Gasteiger partial charge >= 0.3 is 5.97 Å². The van der Waals surface area contributed by atoms with Crippen molar-refractivity contribution < 1.29 is 13.9 Å². The molecule has 0 fully saturated rings. The summed E-state index contributed by atoms with van der Waals surface area (Å²) in [7, 11) is 1.16. The Morgan fingerprint density at radius 1 is 1.35 bits per heavy atom. The van der Waals surface area contributed by atoms with Gasteiger partial charge in [0.15, 0.2) is 0 Å². The minimum atomic E-state index is -0.847. The minimum Gasteiger partial charge on any atom is -0.464 e. The Balaban J connectivity index is 2.67. The van der Waals surface area contributed by atoms with Gasteiger partial charge in [-0.2, -0.15) is 5.10 Å². The molecule has 0 aliphatic heterocycles. The summed E-state index contributed by atoms with van der Waals surface area (Å²) in [5, 5.41) is 3.85. The van der Waals surface area contributed by atoms with E-state index in [-0.39, 0.29) is 16.9 Å². The highest BCUT2D eigenvalue weighted by atomic mass is 19.1. The average molecular weight is 276 g/mol. The highest BCUT2D eigenvalue weighted by molar-refractivity contribution is 5.87. The number of ether oxygens (including phenoxy) is 1. The summed E-state index contributed by atoms with van der Waals surface area (Å²) < 4.78 is 19.6. The predicted octanol–water partition coefficient (Wildman–Crippen LogP) is 1.78. The summed E-state index contributed by atoms with van der Waals surface area (Å²) in [4.78, 5) is 23.3. The smallest absolute Gasteiger partial charge is 0.362 e. The fraction of sp³-hybridized carbons (Fsp3) is 0.214. The summed E-state index contributed by atoms with van der Waals surface area (Å²) in [5.74, 6) is -1.34. The number of aryl methyl sites for hydroxylation is 2. The van der Waals surface area contributed by atoms with Gasteiger partial charge in [0.2, 0.25) is 11.1 Å². The number of carbonyl (C=O) groups is 1. The van der Waals surface area contributed by atoms with Crippen molar-refractivity contribution >= 4 is 5.97 Å². The van der Waals surface area contributed by atoms with Gasteiger partial charge < -0.3 is 4.74 Å². The summed E-state index contributed by atoms with van der Waals surface area (Å²) >= 11 is 0. The number of rotatable bonds is 2. The van der Waals surface area contributed by atoms with E-state index in [0.717, 1.165) is 17.4 Å². The van der Waals surface area contributed by atoms with Gasteiger partial charge in [-0.3, -0.25) is 4.79 Å². The first-order valence-corrected chi connectivity index (χ1v) is 5.89. The van der Waals surface area contributed by atoms with E-state index in [9.17, 15) is 14.0 Å². The van der Waals surface area contributed by atoms with Crippen molar-refractivity contribution in [2.75, 3.05) is 7.11 Å².